The topological polar surface area (TPSA) is 84.0 Å². The SMILES string of the molecule is CC(C)[C@H](NC(=O)c1ccc(F)cc1)C(=O)Nc1nc(-c2cccnc2)cs1. The quantitative estimate of drug-likeness (QED) is 0.663. The highest BCUT2D eigenvalue weighted by atomic mass is 32.1. The molecule has 0 bridgehead atoms. The van der Waals surface area contributed by atoms with Gasteiger partial charge in [0.25, 0.3) is 5.91 Å². The molecule has 28 heavy (non-hydrogen) atoms. The molecule has 2 amide bonds. The molecule has 0 aliphatic carbocycles. The van der Waals surface area contributed by atoms with E-state index in [4.69, 9.17) is 0 Å². The van der Waals surface area contributed by atoms with Crippen molar-refractivity contribution in [1.82, 2.24) is 15.3 Å². The van der Waals surface area contributed by atoms with E-state index in [1.54, 1.807) is 12.4 Å². The van der Waals surface area contributed by atoms with Crippen molar-refractivity contribution in [3.05, 3.63) is 65.6 Å². The highest BCUT2D eigenvalue weighted by molar-refractivity contribution is 7.14. The number of nitrogens with zero attached hydrogens (tertiary/aromatic N) is 2. The Hall–Kier alpha value is -3.13. The van der Waals surface area contributed by atoms with Crippen molar-refractivity contribution >= 4 is 28.3 Å². The second-order valence-electron chi connectivity index (χ2n) is 6.47. The van der Waals surface area contributed by atoms with E-state index < -0.39 is 17.8 Å². The number of anilines is 1. The van der Waals surface area contributed by atoms with Crippen LogP contribution in [0, 0.1) is 11.7 Å². The van der Waals surface area contributed by atoms with Gasteiger partial charge in [-0.3, -0.25) is 14.6 Å². The number of pyridine rings is 1. The zero-order valence-electron chi connectivity index (χ0n) is 15.3. The Balaban J connectivity index is 1.69. The van der Waals surface area contributed by atoms with Crippen LogP contribution in [0.3, 0.4) is 0 Å². The highest BCUT2D eigenvalue weighted by Crippen LogP contribution is 2.24. The van der Waals surface area contributed by atoms with E-state index in [0.717, 1.165) is 5.56 Å². The number of benzene rings is 1. The maximum Gasteiger partial charge on any atom is 0.251 e. The van der Waals surface area contributed by atoms with Gasteiger partial charge >= 0.3 is 0 Å². The molecule has 1 atom stereocenters. The lowest BCUT2D eigenvalue weighted by Crippen LogP contribution is -2.47. The van der Waals surface area contributed by atoms with Crippen molar-refractivity contribution in [2.75, 3.05) is 5.32 Å². The average Bonchev–Trinajstić information content (AvgIpc) is 3.15. The summed E-state index contributed by atoms with van der Waals surface area (Å²) in [5, 5.41) is 7.72. The predicted molar refractivity (Wildman–Crippen MR) is 106 cm³/mol. The molecule has 2 aromatic heterocycles. The van der Waals surface area contributed by atoms with Crippen LogP contribution in [0.15, 0.2) is 54.2 Å². The first-order chi connectivity index (χ1) is 13.4. The van der Waals surface area contributed by atoms with Crippen molar-refractivity contribution in [2.45, 2.75) is 19.9 Å². The summed E-state index contributed by atoms with van der Waals surface area (Å²) >= 11 is 1.29. The summed E-state index contributed by atoms with van der Waals surface area (Å²) in [5.74, 6) is -1.38. The third-order valence-corrected chi connectivity index (χ3v) is 4.79. The van der Waals surface area contributed by atoms with Crippen LogP contribution in [0.1, 0.15) is 24.2 Å². The second-order valence-corrected chi connectivity index (χ2v) is 7.33. The first-order valence-electron chi connectivity index (χ1n) is 8.67. The molecule has 0 aliphatic rings. The summed E-state index contributed by atoms with van der Waals surface area (Å²) in [4.78, 5) is 33.5. The third-order valence-electron chi connectivity index (χ3n) is 4.03. The Morgan fingerprint density at radius 3 is 2.54 bits per heavy atom. The monoisotopic (exact) mass is 398 g/mol. The Morgan fingerprint density at radius 2 is 1.89 bits per heavy atom. The van der Waals surface area contributed by atoms with Gasteiger partial charge in [0.2, 0.25) is 5.91 Å². The Kier molecular flexibility index (Phi) is 6.10. The molecule has 2 heterocycles. The van der Waals surface area contributed by atoms with Crippen molar-refractivity contribution in [3.63, 3.8) is 0 Å². The molecule has 0 saturated carbocycles. The summed E-state index contributed by atoms with van der Waals surface area (Å²) in [6.45, 7) is 3.66. The lowest BCUT2D eigenvalue weighted by atomic mass is 10.0. The summed E-state index contributed by atoms with van der Waals surface area (Å²) in [6.07, 6.45) is 3.37. The van der Waals surface area contributed by atoms with Crippen LogP contribution < -0.4 is 10.6 Å². The van der Waals surface area contributed by atoms with Crippen molar-refractivity contribution < 1.29 is 14.0 Å². The molecular weight excluding hydrogens is 379 g/mol. The summed E-state index contributed by atoms with van der Waals surface area (Å²) in [5.41, 5.74) is 1.85. The van der Waals surface area contributed by atoms with Gasteiger partial charge in [-0.15, -0.1) is 11.3 Å². The molecule has 8 heteroatoms. The van der Waals surface area contributed by atoms with E-state index in [-0.39, 0.29) is 17.4 Å². The van der Waals surface area contributed by atoms with Gasteiger partial charge in [-0.25, -0.2) is 9.37 Å². The molecule has 0 unspecified atom stereocenters. The van der Waals surface area contributed by atoms with Gasteiger partial charge < -0.3 is 10.6 Å². The fourth-order valence-corrected chi connectivity index (χ4v) is 3.24. The van der Waals surface area contributed by atoms with E-state index in [1.165, 1.54) is 35.6 Å². The van der Waals surface area contributed by atoms with Crippen LogP contribution in [0.2, 0.25) is 0 Å². The van der Waals surface area contributed by atoms with Crippen LogP contribution in [-0.2, 0) is 4.79 Å². The number of halogens is 1. The van der Waals surface area contributed by atoms with Crippen LogP contribution >= 0.6 is 11.3 Å². The van der Waals surface area contributed by atoms with E-state index >= 15 is 0 Å². The first-order valence-corrected chi connectivity index (χ1v) is 9.55. The molecule has 3 rings (SSSR count). The van der Waals surface area contributed by atoms with Gasteiger partial charge in [0.05, 0.1) is 5.69 Å². The zero-order chi connectivity index (χ0) is 20.1. The first kappa shape index (κ1) is 19.6. The minimum absolute atomic E-state index is 0.151. The normalized spacial score (nSPS) is 11.9. The molecule has 6 nitrogen and oxygen atoms in total. The Morgan fingerprint density at radius 1 is 1.14 bits per heavy atom. The number of hydrogen-bond donors (Lipinski definition) is 2. The minimum atomic E-state index is -0.761. The maximum atomic E-state index is 13.0. The number of aromatic nitrogens is 2. The number of amides is 2. The lowest BCUT2D eigenvalue weighted by Gasteiger charge is -2.21. The summed E-state index contributed by atoms with van der Waals surface area (Å²) < 4.78 is 13.0. The van der Waals surface area contributed by atoms with Crippen molar-refractivity contribution in [1.29, 1.82) is 0 Å². The lowest BCUT2D eigenvalue weighted by molar-refractivity contribution is -0.118. The van der Waals surface area contributed by atoms with E-state index in [9.17, 15) is 14.0 Å². The van der Waals surface area contributed by atoms with E-state index in [1.807, 2.05) is 31.4 Å². The number of thiazole rings is 1. The molecule has 3 aromatic rings. The zero-order valence-corrected chi connectivity index (χ0v) is 16.2. The van der Waals surface area contributed by atoms with Gasteiger partial charge in [0.15, 0.2) is 5.13 Å². The fourth-order valence-electron chi connectivity index (χ4n) is 2.52. The maximum absolute atomic E-state index is 13.0. The largest absolute Gasteiger partial charge is 0.340 e. The smallest absolute Gasteiger partial charge is 0.251 e. The van der Waals surface area contributed by atoms with Crippen molar-refractivity contribution in [2.24, 2.45) is 5.92 Å². The predicted octanol–water partition coefficient (Wildman–Crippen LogP) is 3.74. The molecule has 2 N–H and O–H groups in total. The minimum Gasteiger partial charge on any atom is -0.340 e. The van der Waals surface area contributed by atoms with Crippen LogP contribution in [0.5, 0.6) is 0 Å². The van der Waals surface area contributed by atoms with Crippen molar-refractivity contribution in [3.8, 4) is 11.3 Å². The van der Waals surface area contributed by atoms with Gasteiger partial charge in [-0.05, 0) is 42.3 Å². The van der Waals surface area contributed by atoms with E-state index in [0.29, 0.717) is 10.8 Å². The Bertz CT molecular complexity index is 958. The Labute approximate surface area is 165 Å². The van der Waals surface area contributed by atoms with Gasteiger partial charge in [0, 0.05) is 28.9 Å². The standard InChI is InChI=1S/C20H19FN4O2S/c1-12(2)17(24-18(26)13-5-7-15(21)8-6-13)19(27)25-20-23-16(11-28-20)14-4-3-9-22-10-14/h3-12,17H,1-2H3,(H,24,26)(H,23,25,27)/t17-/m0/s1. The molecule has 0 fully saturated rings. The van der Waals surface area contributed by atoms with Crippen LogP contribution in [0.25, 0.3) is 11.3 Å². The number of rotatable bonds is 6. The number of nitrogens with one attached hydrogen (secondary N) is 2. The molecular formula is C20H19FN4O2S. The van der Waals surface area contributed by atoms with Gasteiger partial charge in [-0.2, -0.15) is 0 Å². The summed E-state index contributed by atoms with van der Waals surface area (Å²) in [6, 6.07) is 8.09. The molecule has 0 saturated heterocycles. The fraction of sp³-hybridized carbons (Fsp3) is 0.200. The van der Waals surface area contributed by atoms with Crippen LogP contribution in [0.4, 0.5) is 9.52 Å². The molecule has 0 aliphatic heterocycles. The highest BCUT2D eigenvalue weighted by Gasteiger charge is 2.25. The van der Waals surface area contributed by atoms with Crippen LogP contribution in [-0.4, -0.2) is 27.8 Å². The number of carbonyl (C=O) groups excluding carboxylic acids is 2. The van der Waals surface area contributed by atoms with E-state index in [2.05, 4.69) is 20.6 Å². The van der Waals surface area contributed by atoms with Gasteiger partial charge in [0.1, 0.15) is 11.9 Å². The number of carbonyl (C=O) groups is 2. The molecule has 0 spiro atoms. The average molecular weight is 398 g/mol. The second kappa shape index (κ2) is 8.71. The molecule has 0 radical (unpaired) electrons. The molecule has 1 aromatic carbocycles. The summed E-state index contributed by atoms with van der Waals surface area (Å²) in [7, 11) is 0. The number of hydrogen-bond acceptors (Lipinski definition) is 5. The third kappa shape index (κ3) is 4.77. The van der Waals surface area contributed by atoms with Gasteiger partial charge in [-0.1, -0.05) is 13.8 Å². The molecule has 144 valence electrons.